The Morgan fingerprint density at radius 2 is 1.87 bits per heavy atom. The summed E-state index contributed by atoms with van der Waals surface area (Å²) in [5, 5.41) is 5.37. The van der Waals surface area contributed by atoms with Gasteiger partial charge in [-0.05, 0) is 36.8 Å². The van der Waals surface area contributed by atoms with Gasteiger partial charge in [0, 0.05) is 18.7 Å². The van der Waals surface area contributed by atoms with Crippen molar-refractivity contribution in [3.63, 3.8) is 0 Å². The Labute approximate surface area is 176 Å². The van der Waals surface area contributed by atoms with Gasteiger partial charge in [0.25, 0.3) is 21.1 Å². The molecule has 4 rings (SSSR count). The maximum absolute atomic E-state index is 12.5. The third kappa shape index (κ3) is 4.40. The van der Waals surface area contributed by atoms with Crippen LogP contribution in [0.5, 0.6) is 0 Å². The van der Waals surface area contributed by atoms with E-state index in [0.29, 0.717) is 18.8 Å². The van der Waals surface area contributed by atoms with Crippen molar-refractivity contribution in [2.24, 2.45) is 4.99 Å². The first-order chi connectivity index (χ1) is 14.8. The van der Waals surface area contributed by atoms with Crippen LogP contribution in [0.1, 0.15) is 12.8 Å². The summed E-state index contributed by atoms with van der Waals surface area (Å²) >= 11 is 0. The number of nitrogens with zero attached hydrogens (tertiary/aromatic N) is 2. The molecule has 0 bridgehead atoms. The number of rotatable bonds is 5. The van der Waals surface area contributed by atoms with Crippen molar-refractivity contribution in [1.82, 2.24) is 14.5 Å². The number of benzene rings is 2. The zero-order valence-electron chi connectivity index (χ0n) is 16.3. The van der Waals surface area contributed by atoms with Crippen molar-refractivity contribution in [2.75, 3.05) is 11.9 Å². The van der Waals surface area contributed by atoms with Gasteiger partial charge in [-0.1, -0.05) is 18.2 Å². The largest absolute Gasteiger partial charge is 0.324 e. The zero-order valence-corrected chi connectivity index (χ0v) is 17.1. The van der Waals surface area contributed by atoms with Gasteiger partial charge in [-0.25, -0.2) is 13.1 Å². The number of aliphatic imine (C=N–C) groups is 1. The molecule has 3 N–H and O–H groups in total. The number of nitrogens with one attached hydrogen (secondary N) is 3. The fourth-order valence-electron chi connectivity index (χ4n) is 3.28. The summed E-state index contributed by atoms with van der Waals surface area (Å²) in [7, 11) is -3.83. The van der Waals surface area contributed by atoms with E-state index < -0.39 is 33.6 Å². The summed E-state index contributed by atoms with van der Waals surface area (Å²) in [6, 6.07) is 12.0. The third-order valence-electron chi connectivity index (χ3n) is 4.74. The summed E-state index contributed by atoms with van der Waals surface area (Å²) in [5.41, 5.74) is -0.766. The first kappa shape index (κ1) is 20.5. The van der Waals surface area contributed by atoms with Crippen molar-refractivity contribution in [3.8, 4) is 0 Å². The van der Waals surface area contributed by atoms with E-state index in [2.05, 4.69) is 20.1 Å². The predicted molar refractivity (Wildman–Crippen MR) is 116 cm³/mol. The molecule has 11 heteroatoms. The number of hydrogen-bond acceptors (Lipinski definition) is 6. The highest BCUT2D eigenvalue weighted by Crippen LogP contribution is 2.16. The number of carbonyl (C=O) groups is 1. The molecule has 1 aliphatic heterocycles. The molecule has 1 aromatic heterocycles. The zero-order chi connectivity index (χ0) is 22.0. The molecule has 0 spiro atoms. The van der Waals surface area contributed by atoms with Crippen LogP contribution < -0.4 is 21.2 Å². The molecule has 2 aromatic carbocycles. The highest BCUT2D eigenvalue weighted by molar-refractivity contribution is 7.90. The Bertz CT molecular complexity index is 1420. The smallest absolute Gasteiger partial charge is 0.273 e. The van der Waals surface area contributed by atoms with E-state index in [9.17, 15) is 22.8 Å². The van der Waals surface area contributed by atoms with E-state index in [1.807, 2.05) is 0 Å². The number of anilines is 1. The highest BCUT2D eigenvalue weighted by atomic mass is 32.2. The summed E-state index contributed by atoms with van der Waals surface area (Å²) in [5.74, 6) is -0.190. The van der Waals surface area contributed by atoms with E-state index >= 15 is 0 Å². The Hall–Kier alpha value is -3.73. The number of amidine groups is 1. The molecule has 3 aromatic rings. The van der Waals surface area contributed by atoms with Gasteiger partial charge in [0.2, 0.25) is 5.91 Å². The summed E-state index contributed by atoms with van der Waals surface area (Å²) in [4.78, 5) is 41.2. The molecule has 0 radical (unpaired) electrons. The lowest BCUT2D eigenvalue weighted by Gasteiger charge is -2.11. The Morgan fingerprint density at radius 3 is 2.61 bits per heavy atom. The van der Waals surface area contributed by atoms with Gasteiger partial charge in [0.1, 0.15) is 12.4 Å². The van der Waals surface area contributed by atoms with E-state index in [-0.39, 0.29) is 21.4 Å². The molecular formula is C20H19N5O5S. The molecule has 0 fully saturated rings. The molecule has 1 amide bonds. The van der Waals surface area contributed by atoms with E-state index in [1.165, 1.54) is 36.4 Å². The van der Waals surface area contributed by atoms with Crippen LogP contribution in [0.4, 0.5) is 5.69 Å². The molecule has 0 atom stereocenters. The van der Waals surface area contributed by atoms with E-state index in [4.69, 9.17) is 0 Å². The Morgan fingerprint density at radius 1 is 1.10 bits per heavy atom. The number of amides is 1. The van der Waals surface area contributed by atoms with Crippen molar-refractivity contribution in [2.45, 2.75) is 24.3 Å². The number of aromatic amines is 1. The average Bonchev–Trinajstić information content (AvgIpc) is 3.24. The van der Waals surface area contributed by atoms with E-state index in [0.717, 1.165) is 11.1 Å². The monoisotopic (exact) mass is 441 g/mol. The molecule has 31 heavy (non-hydrogen) atoms. The maximum atomic E-state index is 12.5. The standard InChI is InChI=1S/C20H19N5O5S/c26-18(12-25-20(28)16-8-2-1-7-15(16)19(27)23-25)22-13-5-3-6-14(11-13)31(29,30)24-17-9-4-10-21-17/h1-3,5-8,11H,4,9-10,12H2,(H,21,24)(H,22,26)(H,23,27). The fourth-order valence-corrected chi connectivity index (χ4v) is 4.41. The number of hydrogen-bond donors (Lipinski definition) is 3. The summed E-state index contributed by atoms with van der Waals surface area (Å²) in [6.07, 6.45) is 1.36. The van der Waals surface area contributed by atoms with Gasteiger partial charge >= 0.3 is 0 Å². The minimum atomic E-state index is -3.83. The quantitative estimate of drug-likeness (QED) is 0.537. The topological polar surface area (TPSA) is 142 Å². The van der Waals surface area contributed by atoms with Crippen LogP contribution in [0.2, 0.25) is 0 Å². The highest BCUT2D eigenvalue weighted by Gasteiger charge is 2.19. The van der Waals surface area contributed by atoms with Gasteiger partial charge < -0.3 is 5.32 Å². The lowest BCUT2D eigenvalue weighted by atomic mass is 10.2. The number of fused-ring (bicyclic) bond motifs is 1. The molecule has 10 nitrogen and oxygen atoms in total. The van der Waals surface area contributed by atoms with Gasteiger partial charge in [-0.2, -0.15) is 0 Å². The van der Waals surface area contributed by atoms with Crippen molar-refractivity contribution >= 4 is 38.2 Å². The van der Waals surface area contributed by atoms with Crippen molar-refractivity contribution in [3.05, 3.63) is 69.2 Å². The number of carbonyl (C=O) groups excluding carboxylic acids is 1. The van der Waals surface area contributed by atoms with Crippen LogP contribution in [0, 0.1) is 0 Å². The molecule has 2 heterocycles. The second-order valence-electron chi connectivity index (χ2n) is 6.99. The van der Waals surface area contributed by atoms with Crippen molar-refractivity contribution < 1.29 is 13.2 Å². The number of sulfonamides is 1. The molecule has 0 saturated heterocycles. The number of H-pyrrole nitrogens is 1. The minimum Gasteiger partial charge on any atom is -0.324 e. The van der Waals surface area contributed by atoms with Crippen LogP contribution >= 0.6 is 0 Å². The number of aromatic nitrogens is 2. The van der Waals surface area contributed by atoms with Gasteiger partial charge in [-0.15, -0.1) is 0 Å². The molecule has 0 unspecified atom stereocenters. The molecule has 1 aliphatic rings. The fraction of sp³-hybridized carbons (Fsp3) is 0.200. The van der Waals surface area contributed by atoms with Crippen LogP contribution in [0.25, 0.3) is 10.8 Å². The van der Waals surface area contributed by atoms with Gasteiger partial charge in [0.15, 0.2) is 0 Å². The van der Waals surface area contributed by atoms with Crippen LogP contribution in [-0.4, -0.2) is 36.5 Å². The molecule has 160 valence electrons. The predicted octanol–water partition coefficient (Wildman–Crippen LogP) is 0.799. The maximum Gasteiger partial charge on any atom is 0.273 e. The van der Waals surface area contributed by atoms with Gasteiger partial charge in [0.05, 0.1) is 15.7 Å². The normalized spacial score (nSPS) is 13.7. The first-order valence-corrected chi connectivity index (χ1v) is 11.0. The average molecular weight is 441 g/mol. The second kappa shape index (κ2) is 8.19. The summed E-state index contributed by atoms with van der Waals surface area (Å²) < 4.78 is 28.4. The lowest BCUT2D eigenvalue weighted by molar-refractivity contribution is -0.117. The van der Waals surface area contributed by atoms with Crippen LogP contribution in [0.3, 0.4) is 0 Å². The summed E-state index contributed by atoms with van der Waals surface area (Å²) in [6.45, 7) is 0.148. The van der Waals surface area contributed by atoms with Crippen LogP contribution in [0.15, 0.2) is 68.0 Å². The molecular weight excluding hydrogens is 422 g/mol. The van der Waals surface area contributed by atoms with Gasteiger partial charge in [-0.3, -0.25) is 29.2 Å². The SMILES string of the molecule is O=C(Cn1[nH]c(=O)c2ccccc2c1=O)Nc1cccc(S(=O)(=O)NC2=NCCC2)c1. The second-order valence-corrected chi connectivity index (χ2v) is 8.67. The van der Waals surface area contributed by atoms with Crippen molar-refractivity contribution in [1.29, 1.82) is 0 Å². The first-order valence-electron chi connectivity index (χ1n) is 9.51. The molecule has 0 aliphatic carbocycles. The Kier molecular flexibility index (Phi) is 5.42. The minimum absolute atomic E-state index is 0.0313. The third-order valence-corrected chi connectivity index (χ3v) is 6.12. The lowest BCUT2D eigenvalue weighted by Crippen LogP contribution is -2.34. The van der Waals surface area contributed by atoms with E-state index in [1.54, 1.807) is 12.1 Å². The van der Waals surface area contributed by atoms with Crippen LogP contribution in [-0.2, 0) is 21.4 Å². The Balaban J connectivity index is 1.53. The molecule has 0 saturated carbocycles.